The lowest BCUT2D eigenvalue weighted by Gasteiger charge is -2.44. The maximum atomic E-state index is 13.9. The summed E-state index contributed by atoms with van der Waals surface area (Å²) in [6.45, 7) is 2.91. The van der Waals surface area contributed by atoms with E-state index in [1.165, 1.54) is 24.3 Å². The molecule has 1 N–H and O–H groups in total. The van der Waals surface area contributed by atoms with Crippen LogP contribution in [0, 0.1) is 12.7 Å². The van der Waals surface area contributed by atoms with Crippen LogP contribution in [-0.4, -0.2) is 64.0 Å². The van der Waals surface area contributed by atoms with Gasteiger partial charge >= 0.3 is 0 Å². The van der Waals surface area contributed by atoms with Gasteiger partial charge in [0, 0.05) is 56.0 Å². The summed E-state index contributed by atoms with van der Waals surface area (Å²) in [5.74, 6) is -1.21. The summed E-state index contributed by atoms with van der Waals surface area (Å²) < 4.78 is 19.6. The second-order valence-electron chi connectivity index (χ2n) is 9.70. The van der Waals surface area contributed by atoms with Gasteiger partial charge in [-0.15, -0.1) is 0 Å². The van der Waals surface area contributed by atoms with E-state index in [4.69, 9.17) is 4.74 Å². The molecule has 9 heteroatoms. The minimum Gasteiger partial charge on any atom is -0.353 e. The smallest absolute Gasteiger partial charge is 0.256 e. The summed E-state index contributed by atoms with van der Waals surface area (Å²) in [4.78, 5) is 47.5. The number of carbonyl (C=O) groups excluding carboxylic acids is 3. The summed E-state index contributed by atoms with van der Waals surface area (Å²) >= 11 is 0. The van der Waals surface area contributed by atoms with Crippen molar-refractivity contribution in [2.24, 2.45) is 0 Å². The van der Waals surface area contributed by atoms with Crippen molar-refractivity contribution in [3.05, 3.63) is 101 Å². The molecule has 0 aliphatic carbocycles. The van der Waals surface area contributed by atoms with E-state index in [-0.39, 0.29) is 30.9 Å². The monoisotopic (exact) mass is 516 g/mol. The number of likely N-dealkylation sites (tertiary alicyclic amines) is 1. The maximum Gasteiger partial charge on any atom is 0.256 e. The summed E-state index contributed by atoms with van der Waals surface area (Å²) in [5.41, 5.74) is 1.64. The molecule has 196 valence electrons. The molecule has 3 aromatic rings. The van der Waals surface area contributed by atoms with Gasteiger partial charge in [-0.1, -0.05) is 23.8 Å². The van der Waals surface area contributed by atoms with E-state index in [0.717, 1.165) is 11.1 Å². The van der Waals surface area contributed by atoms with Crippen LogP contribution in [0.3, 0.4) is 0 Å². The van der Waals surface area contributed by atoms with Crippen molar-refractivity contribution in [1.29, 1.82) is 0 Å². The van der Waals surface area contributed by atoms with Crippen molar-refractivity contribution >= 4 is 17.7 Å². The Morgan fingerprint density at radius 2 is 1.79 bits per heavy atom. The highest BCUT2D eigenvalue weighted by atomic mass is 19.1. The van der Waals surface area contributed by atoms with E-state index < -0.39 is 17.6 Å². The van der Waals surface area contributed by atoms with E-state index >= 15 is 0 Å². The molecule has 2 aromatic carbocycles. The highest BCUT2D eigenvalue weighted by Crippen LogP contribution is 2.39. The number of halogens is 1. The Kier molecular flexibility index (Phi) is 7.20. The van der Waals surface area contributed by atoms with Crippen LogP contribution >= 0.6 is 0 Å². The van der Waals surface area contributed by atoms with Crippen molar-refractivity contribution in [1.82, 2.24) is 20.1 Å². The lowest BCUT2D eigenvalue weighted by molar-refractivity contribution is -0.128. The second kappa shape index (κ2) is 10.7. The molecule has 0 bridgehead atoms. The SMILES string of the molecule is Cc1cccc(C(=O)N2C(C(=O)NCc3cccnc3)COC23CCN(C(=O)c2ccc(F)cc2)CC3)c1. The number of nitrogens with zero attached hydrogens (tertiary/aromatic N) is 3. The number of amides is 3. The number of nitrogens with one attached hydrogen (secondary N) is 1. The van der Waals surface area contributed by atoms with Crippen molar-refractivity contribution in [3.8, 4) is 0 Å². The summed E-state index contributed by atoms with van der Waals surface area (Å²) in [6.07, 6.45) is 4.04. The summed E-state index contributed by atoms with van der Waals surface area (Å²) in [5, 5.41) is 2.92. The third-order valence-electron chi connectivity index (χ3n) is 7.16. The number of hydrogen-bond acceptors (Lipinski definition) is 5. The molecular formula is C29H29FN4O4. The molecule has 1 atom stereocenters. The quantitative estimate of drug-likeness (QED) is 0.562. The van der Waals surface area contributed by atoms with Gasteiger partial charge in [0.2, 0.25) is 5.91 Å². The summed E-state index contributed by atoms with van der Waals surface area (Å²) in [6, 6.07) is 15.5. The zero-order chi connectivity index (χ0) is 26.7. The normalized spacial score (nSPS) is 18.4. The number of benzene rings is 2. The Bertz CT molecular complexity index is 1320. The van der Waals surface area contributed by atoms with E-state index in [1.807, 2.05) is 25.1 Å². The van der Waals surface area contributed by atoms with Crippen molar-refractivity contribution in [2.75, 3.05) is 19.7 Å². The summed E-state index contributed by atoms with van der Waals surface area (Å²) in [7, 11) is 0. The average molecular weight is 517 g/mol. The Hall–Kier alpha value is -4.11. The molecule has 3 amide bonds. The zero-order valence-electron chi connectivity index (χ0n) is 21.1. The molecule has 38 heavy (non-hydrogen) atoms. The number of rotatable bonds is 5. The molecule has 1 spiro atoms. The van der Waals surface area contributed by atoms with Crippen LogP contribution in [0.15, 0.2) is 73.1 Å². The van der Waals surface area contributed by atoms with Crippen LogP contribution in [0.1, 0.15) is 44.7 Å². The van der Waals surface area contributed by atoms with Crippen LogP contribution in [-0.2, 0) is 16.1 Å². The van der Waals surface area contributed by atoms with E-state index in [2.05, 4.69) is 10.3 Å². The highest BCUT2D eigenvalue weighted by Gasteiger charge is 2.54. The van der Waals surface area contributed by atoms with Gasteiger partial charge in [-0.25, -0.2) is 4.39 Å². The van der Waals surface area contributed by atoms with Crippen molar-refractivity contribution in [2.45, 2.75) is 38.1 Å². The Morgan fingerprint density at radius 1 is 1.03 bits per heavy atom. The number of aryl methyl sites for hydroxylation is 1. The largest absolute Gasteiger partial charge is 0.353 e. The van der Waals surface area contributed by atoms with Gasteiger partial charge in [0.15, 0.2) is 0 Å². The Morgan fingerprint density at radius 3 is 2.47 bits per heavy atom. The molecule has 2 aliphatic heterocycles. The average Bonchev–Trinajstić information content (AvgIpc) is 3.30. The first-order valence-corrected chi connectivity index (χ1v) is 12.6. The van der Waals surface area contributed by atoms with Gasteiger partial charge < -0.3 is 15.0 Å². The van der Waals surface area contributed by atoms with Gasteiger partial charge in [0.1, 0.15) is 17.6 Å². The topological polar surface area (TPSA) is 91.8 Å². The first-order valence-electron chi connectivity index (χ1n) is 12.6. The molecule has 2 fully saturated rings. The molecular weight excluding hydrogens is 487 g/mol. The van der Waals surface area contributed by atoms with Gasteiger partial charge in [-0.2, -0.15) is 0 Å². The first-order chi connectivity index (χ1) is 18.4. The minimum absolute atomic E-state index is 0.0579. The number of carbonyl (C=O) groups is 3. The fourth-order valence-corrected chi connectivity index (χ4v) is 5.13. The lowest BCUT2D eigenvalue weighted by atomic mass is 9.95. The van der Waals surface area contributed by atoms with Gasteiger partial charge in [-0.3, -0.25) is 24.3 Å². The highest BCUT2D eigenvalue weighted by molar-refractivity contribution is 5.99. The number of hydrogen-bond donors (Lipinski definition) is 1. The fourth-order valence-electron chi connectivity index (χ4n) is 5.13. The molecule has 1 unspecified atom stereocenters. The van der Waals surface area contributed by atoms with E-state index in [1.54, 1.807) is 40.4 Å². The number of piperidine rings is 1. The molecule has 0 radical (unpaired) electrons. The maximum absolute atomic E-state index is 13.9. The third-order valence-corrected chi connectivity index (χ3v) is 7.16. The van der Waals surface area contributed by atoms with E-state index in [9.17, 15) is 18.8 Å². The van der Waals surface area contributed by atoms with Crippen molar-refractivity contribution in [3.63, 3.8) is 0 Å². The molecule has 0 saturated carbocycles. The zero-order valence-corrected chi connectivity index (χ0v) is 21.1. The fraction of sp³-hybridized carbons (Fsp3) is 0.310. The Labute approximate surface area is 220 Å². The minimum atomic E-state index is -1.02. The Balaban J connectivity index is 1.36. The second-order valence-corrected chi connectivity index (χ2v) is 9.70. The number of pyridine rings is 1. The predicted octanol–water partition coefficient (Wildman–Crippen LogP) is 3.32. The molecule has 8 nitrogen and oxygen atoms in total. The number of aromatic nitrogens is 1. The third kappa shape index (κ3) is 5.15. The molecule has 5 rings (SSSR count). The van der Waals surface area contributed by atoms with E-state index in [0.29, 0.717) is 37.1 Å². The first kappa shape index (κ1) is 25.5. The van der Waals surface area contributed by atoms with Crippen LogP contribution in [0.5, 0.6) is 0 Å². The van der Waals surface area contributed by atoms with Crippen LogP contribution in [0.2, 0.25) is 0 Å². The number of ether oxygens (including phenoxy) is 1. The van der Waals surface area contributed by atoms with Gasteiger partial charge in [0.25, 0.3) is 11.8 Å². The standard InChI is InChI=1S/C29H29FN4O4/c1-20-4-2-6-23(16-20)28(37)34-25(26(35)32-18-21-5-3-13-31-17-21)19-38-29(34)11-14-33(15-12-29)27(36)22-7-9-24(30)10-8-22/h2-10,13,16-17,25H,11-12,14-15,18-19H2,1H3,(H,32,35). The lowest BCUT2D eigenvalue weighted by Crippen LogP contribution is -2.59. The van der Waals surface area contributed by atoms with Gasteiger partial charge in [-0.05, 0) is 55.0 Å². The van der Waals surface area contributed by atoms with Crippen LogP contribution in [0.4, 0.5) is 4.39 Å². The van der Waals surface area contributed by atoms with Crippen LogP contribution in [0.25, 0.3) is 0 Å². The van der Waals surface area contributed by atoms with Gasteiger partial charge in [0.05, 0.1) is 6.61 Å². The molecule has 3 heterocycles. The van der Waals surface area contributed by atoms with Crippen LogP contribution < -0.4 is 5.32 Å². The molecule has 2 aliphatic rings. The molecule has 2 saturated heterocycles. The van der Waals surface area contributed by atoms with Crippen molar-refractivity contribution < 1.29 is 23.5 Å². The predicted molar refractivity (Wildman–Crippen MR) is 137 cm³/mol. The molecule has 1 aromatic heterocycles.